The minimum Gasteiger partial charge on any atom is -0.496 e. The van der Waals surface area contributed by atoms with Crippen LogP contribution in [0.25, 0.3) is 0 Å². The zero-order valence-corrected chi connectivity index (χ0v) is 11.0. The molecule has 2 heteroatoms. The van der Waals surface area contributed by atoms with Gasteiger partial charge in [-0.3, -0.25) is 0 Å². The number of aliphatic hydroxyl groups is 1. The second kappa shape index (κ2) is 5.09. The lowest BCUT2D eigenvalue weighted by Crippen LogP contribution is -2.17. The SMILES string of the molecule is COc1c(C)cc(C2CCC(O)CC2)cc1C. The van der Waals surface area contributed by atoms with E-state index in [1.165, 1.54) is 16.7 Å². The van der Waals surface area contributed by atoms with Gasteiger partial charge >= 0.3 is 0 Å². The Hall–Kier alpha value is -1.02. The molecule has 1 aromatic rings. The summed E-state index contributed by atoms with van der Waals surface area (Å²) in [6, 6.07) is 4.49. The van der Waals surface area contributed by atoms with Crippen LogP contribution in [0.4, 0.5) is 0 Å². The summed E-state index contributed by atoms with van der Waals surface area (Å²) < 4.78 is 5.40. The molecule has 0 saturated heterocycles. The molecular formula is C15H22O2. The topological polar surface area (TPSA) is 29.5 Å². The maximum absolute atomic E-state index is 9.55. The number of aliphatic hydroxyl groups excluding tert-OH is 1. The summed E-state index contributed by atoms with van der Waals surface area (Å²) in [7, 11) is 1.73. The van der Waals surface area contributed by atoms with Crippen LogP contribution in [0.1, 0.15) is 48.3 Å². The van der Waals surface area contributed by atoms with Crippen molar-refractivity contribution >= 4 is 0 Å². The van der Waals surface area contributed by atoms with Gasteiger partial charge in [0.05, 0.1) is 13.2 Å². The Labute approximate surface area is 104 Å². The molecule has 0 aliphatic heterocycles. The van der Waals surface area contributed by atoms with Gasteiger partial charge in [-0.1, -0.05) is 12.1 Å². The van der Waals surface area contributed by atoms with E-state index >= 15 is 0 Å². The van der Waals surface area contributed by atoms with Crippen LogP contribution in [0, 0.1) is 13.8 Å². The Morgan fingerprint density at radius 2 is 1.59 bits per heavy atom. The molecule has 0 amide bonds. The molecule has 0 radical (unpaired) electrons. The molecule has 2 rings (SSSR count). The fourth-order valence-corrected chi connectivity index (χ4v) is 2.95. The number of ether oxygens (including phenoxy) is 1. The minimum atomic E-state index is -0.0771. The highest BCUT2D eigenvalue weighted by atomic mass is 16.5. The third kappa shape index (κ3) is 2.63. The van der Waals surface area contributed by atoms with Crippen molar-refractivity contribution in [3.8, 4) is 5.75 Å². The van der Waals surface area contributed by atoms with Crippen LogP contribution < -0.4 is 4.74 Å². The van der Waals surface area contributed by atoms with Crippen LogP contribution in [0.15, 0.2) is 12.1 Å². The lowest BCUT2D eigenvalue weighted by molar-refractivity contribution is 0.122. The average molecular weight is 234 g/mol. The van der Waals surface area contributed by atoms with Gasteiger partial charge in [-0.25, -0.2) is 0 Å². The van der Waals surface area contributed by atoms with Crippen LogP contribution in [-0.2, 0) is 0 Å². The van der Waals surface area contributed by atoms with Crippen molar-refractivity contribution in [1.82, 2.24) is 0 Å². The molecule has 0 spiro atoms. The van der Waals surface area contributed by atoms with Crippen LogP contribution in [-0.4, -0.2) is 18.3 Å². The lowest BCUT2D eigenvalue weighted by atomic mass is 9.82. The number of aryl methyl sites for hydroxylation is 2. The number of methoxy groups -OCH3 is 1. The molecule has 17 heavy (non-hydrogen) atoms. The lowest BCUT2D eigenvalue weighted by Gasteiger charge is -2.26. The number of hydrogen-bond donors (Lipinski definition) is 1. The molecular weight excluding hydrogens is 212 g/mol. The van der Waals surface area contributed by atoms with Crippen molar-refractivity contribution in [3.05, 3.63) is 28.8 Å². The molecule has 0 atom stereocenters. The van der Waals surface area contributed by atoms with E-state index in [0.29, 0.717) is 5.92 Å². The van der Waals surface area contributed by atoms with E-state index in [0.717, 1.165) is 31.4 Å². The van der Waals surface area contributed by atoms with E-state index in [9.17, 15) is 5.11 Å². The molecule has 0 unspecified atom stereocenters. The van der Waals surface area contributed by atoms with Gasteiger partial charge in [0.1, 0.15) is 5.75 Å². The first-order valence-corrected chi connectivity index (χ1v) is 6.45. The van der Waals surface area contributed by atoms with Crippen molar-refractivity contribution in [3.63, 3.8) is 0 Å². The molecule has 0 heterocycles. The molecule has 1 N–H and O–H groups in total. The van der Waals surface area contributed by atoms with E-state index in [1.807, 2.05) is 0 Å². The molecule has 0 bridgehead atoms. The Kier molecular flexibility index (Phi) is 3.72. The number of benzene rings is 1. The second-order valence-electron chi connectivity index (χ2n) is 5.19. The molecule has 1 aromatic carbocycles. The van der Waals surface area contributed by atoms with Crippen molar-refractivity contribution in [2.24, 2.45) is 0 Å². The predicted octanol–water partition coefficient (Wildman–Crippen LogP) is 3.33. The highest BCUT2D eigenvalue weighted by molar-refractivity contribution is 5.44. The maximum atomic E-state index is 9.55. The Balaban J connectivity index is 2.22. The van der Waals surface area contributed by atoms with E-state index in [1.54, 1.807) is 7.11 Å². The van der Waals surface area contributed by atoms with Gasteiger partial charge in [-0.05, 0) is 62.1 Å². The number of hydrogen-bond acceptors (Lipinski definition) is 2. The fourth-order valence-electron chi connectivity index (χ4n) is 2.95. The molecule has 0 aromatic heterocycles. The minimum absolute atomic E-state index is 0.0771. The van der Waals surface area contributed by atoms with Crippen LogP contribution in [0.2, 0.25) is 0 Å². The molecule has 1 aliphatic carbocycles. The van der Waals surface area contributed by atoms with Gasteiger partial charge in [0.25, 0.3) is 0 Å². The molecule has 1 aliphatic rings. The molecule has 1 saturated carbocycles. The normalized spacial score (nSPS) is 24.7. The summed E-state index contributed by atoms with van der Waals surface area (Å²) in [4.78, 5) is 0. The first kappa shape index (κ1) is 12.4. The van der Waals surface area contributed by atoms with Crippen molar-refractivity contribution in [2.75, 3.05) is 7.11 Å². The molecule has 1 fully saturated rings. The first-order chi connectivity index (χ1) is 8.11. The standard InChI is InChI=1S/C15H22O2/c1-10-8-13(9-11(2)15(10)17-3)12-4-6-14(16)7-5-12/h8-9,12,14,16H,4-7H2,1-3H3. The smallest absolute Gasteiger partial charge is 0.124 e. The van der Waals surface area contributed by atoms with Gasteiger partial charge in [-0.15, -0.1) is 0 Å². The van der Waals surface area contributed by atoms with E-state index < -0.39 is 0 Å². The average Bonchev–Trinajstić information content (AvgIpc) is 2.29. The van der Waals surface area contributed by atoms with Crippen molar-refractivity contribution in [1.29, 1.82) is 0 Å². The highest BCUT2D eigenvalue weighted by Crippen LogP contribution is 2.36. The van der Waals surface area contributed by atoms with Gasteiger partial charge in [0, 0.05) is 0 Å². The first-order valence-electron chi connectivity index (χ1n) is 6.45. The zero-order valence-electron chi connectivity index (χ0n) is 11.0. The zero-order chi connectivity index (χ0) is 12.4. The van der Waals surface area contributed by atoms with Crippen LogP contribution in [0.3, 0.4) is 0 Å². The Morgan fingerprint density at radius 3 is 2.06 bits per heavy atom. The van der Waals surface area contributed by atoms with Crippen molar-refractivity contribution in [2.45, 2.75) is 51.6 Å². The van der Waals surface area contributed by atoms with Gasteiger partial charge in [0.2, 0.25) is 0 Å². The van der Waals surface area contributed by atoms with Crippen LogP contribution in [0.5, 0.6) is 5.75 Å². The van der Waals surface area contributed by atoms with E-state index in [4.69, 9.17) is 4.74 Å². The summed E-state index contributed by atoms with van der Waals surface area (Å²) in [5.74, 6) is 1.62. The van der Waals surface area contributed by atoms with Gasteiger partial charge in [0.15, 0.2) is 0 Å². The molecule has 2 nitrogen and oxygen atoms in total. The van der Waals surface area contributed by atoms with Gasteiger partial charge < -0.3 is 9.84 Å². The maximum Gasteiger partial charge on any atom is 0.124 e. The summed E-state index contributed by atoms with van der Waals surface area (Å²) in [5, 5.41) is 9.55. The quantitative estimate of drug-likeness (QED) is 0.850. The highest BCUT2D eigenvalue weighted by Gasteiger charge is 2.21. The third-order valence-corrected chi connectivity index (χ3v) is 3.85. The van der Waals surface area contributed by atoms with Crippen LogP contribution >= 0.6 is 0 Å². The van der Waals surface area contributed by atoms with E-state index in [-0.39, 0.29) is 6.10 Å². The summed E-state index contributed by atoms with van der Waals surface area (Å²) >= 11 is 0. The summed E-state index contributed by atoms with van der Waals surface area (Å²) in [6.07, 6.45) is 4.01. The molecule has 94 valence electrons. The van der Waals surface area contributed by atoms with E-state index in [2.05, 4.69) is 26.0 Å². The Bertz CT molecular complexity index is 367. The monoisotopic (exact) mass is 234 g/mol. The largest absolute Gasteiger partial charge is 0.496 e. The Morgan fingerprint density at radius 1 is 1.06 bits per heavy atom. The number of rotatable bonds is 2. The summed E-state index contributed by atoms with van der Waals surface area (Å²) in [6.45, 7) is 4.21. The fraction of sp³-hybridized carbons (Fsp3) is 0.600. The van der Waals surface area contributed by atoms with Gasteiger partial charge in [-0.2, -0.15) is 0 Å². The predicted molar refractivity (Wildman–Crippen MR) is 69.7 cm³/mol. The van der Waals surface area contributed by atoms with Crippen molar-refractivity contribution < 1.29 is 9.84 Å². The summed E-state index contributed by atoms with van der Waals surface area (Å²) in [5.41, 5.74) is 3.84. The second-order valence-corrected chi connectivity index (χ2v) is 5.19. The third-order valence-electron chi connectivity index (χ3n) is 3.85.